The molecule has 0 aliphatic carbocycles. The van der Waals surface area contributed by atoms with Crippen molar-refractivity contribution in [3.63, 3.8) is 0 Å². The van der Waals surface area contributed by atoms with Crippen molar-refractivity contribution < 1.29 is 0 Å². The number of hydrogen-bond donors (Lipinski definition) is 0. The zero-order chi connectivity index (χ0) is 19.7. The van der Waals surface area contributed by atoms with Gasteiger partial charge in [0, 0.05) is 17.1 Å². The maximum absolute atomic E-state index is 2.27. The molecule has 0 radical (unpaired) electrons. The quantitative estimate of drug-likeness (QED) is 0.311. The molecule has 0 atom stereocenters. The van der Waals surface area contributed by atoms with E-state index in [4.69, 9.17) is 0 Å². The Labute approximate surface area is 172 Å². The Kier molecular flexibility index (Phi) is 5.99. The Morgan fingerprint density at radius 3 is 1.24 bits per heavy atom. The van der Waals surface area contributed by atoms with Crippen molar-refractivity contribution in [1.29, 1.82) is 0 Å². The highest BCUT2D eigenvalue weighted by atomic mass is 15.1. The van der Waals surface area contributed by atoms with Gasteiger partial charge in [-0.2, -0.15) is 0 Å². The number of benzene rings is 4. The van der Waals surface area contributed by atoms with Crippen molar-refractivity contribution in [2.45, 2.75) is 0 Å². The van der Waals surface area contributed by atoms with Gasteiger partial charge in [-0.05, 0) is 47.5 Å². The van der Waals surface area contributed by atoms with Crippen LogP contribution in [0.3, 0.4) is 0 Å². The second-order valence-electron chi connectivity index (χ2n) is 6.73. The summed E-state index contributed by atoms with van der Waals surface area (Å²) in [4.78, 5) is 2.27. The molecule has 0 aliphatic rings. The summed E-state index contributed by atoms with van der Waals surface area (Å²) in [5, 5.41) is 0. The monoisotopic (exact) mass is 373 g/mol. The summed E-state index contributed by atoms with van der Waals surface area (Å²) in [6.45, 7) is 0. The predicted octanol–water partition coefficient (Wildman–Crippen LogP) is 7.88. The molecule has 0 bridgehead atoms. The Hall–Kier alpha value is -3.84. The Morgan fingerprint density at radius 1 is 0.379 bits per heavy atom. The third-order valence-corrected chi connectivity index (χ3v) is 4.67. The van der Waals surface area contributed by atoms with Gasteiger partial charge in [-0.25, -0.2) is 0 Å². The van der Waals surface area contributed by atoms with E-state index >= 15 is 0 Å². The van der Waals surface area contributed by atoms with E-state index in [-0.39, 0.29) is 0 Å². The first-order valence-corrected chi connectivity index (χ1v) is 9.80. The molecule has 1 nitrogen and oxygen atoms in total. The van der Waals surface area contributed by atoms with Crippen LogP contribution in [-0.4, -0.2) is 0 Å². The molecule has 0 unspecified atom stereocenters. The number of rotatable bonds is 6. The molecular weight excluding hydrogens is 350 g/mol. The molecule has 4 aromatic rings. The second-order valence-corrected chi connectivity index (χ2v) is 6.73. The van der Waals surface area contributed by atoms with Gasteiger partial charge in [-0.3, -0.25) is 0 Å². The lowest BCUT2D eigenvalue weighted by Gasteiger charge is -2.25. The fourth-order valence-corrected chi connectivity index (χ4v) is 3.23. The van der Waals surface area contributed by atoms with Gasteiger partial charge in [0.2, 0.25) is 0 Å². The molecule has 0 amide bonds. The lowest BCUT2D eigenvalue weighted by Crippen LogP contribution is -2.09. The first kappa shape index (κ1) is 18.5. The molecule has 1 heteroatoms. The van der Waals surface area contributed by atoms with Gasteiger partial charge in [0.05, 0.1) is 0 Å². The smallest absolute Gasteiger partial charge is 0.0462 e. The maximum atomic E-state index is 2.27. The molecule has 0 heterocycles. The van der Waals surface area contributed by atoms with Gasteiger partial charge in [-0.1, -0.05) is 103 Å². The fourth-order valence-electron chi connectivity index (χ4n) is 3.23. The summed E-state index contributed by atoms with van der Waals surface area (Å²) in [5.41, 5.74) is 5.81. The topological polar surface area (TPSA) is 3.24 Å². The van der Waals surface area contributed by atoms with Crippen LogP contribution in [0.4, 0.5) is 17.1 Å². The molecule has 0 saturated heterocycles. The van der Waals surface area contributed by atoms with Crippen molar-refractivity contribution in [2.75, 3.05) is 4.90 Å². The molecule has 140 valence electrons. The molecule has 0 N–H and O–H groups in total. The molecule has 4 rings (SSSR count). The van der Waals surface area contributed by atoms with Crippen LogP contribution in [-0.2, 0) is 0 Å². The van der Waals surface area contributed by atoms with E-state index in [1.165, 1.54) is 11.1 Å². The van der Waals surface area contributed by atoms with Crippen molar-refractivity contribution in [3.8, 4) is 0 Å². The van der Waals surface area contributed by atoms with Crippen molar-refractivity contribution in [1.82, 2.24) is 0 Å². The zero-order valence-electron chi connectivity index (χ0n) is 16.2. The average Bonchev–Trinajstić information content (AvgIpc) is 2.80. The van der Waals surface area contributed by atoms with Crippen LogP contribution in [0.1, 0.15) is 11.1 Å². The molecule has 29 heavy (non-hydrogen) atoms. The van der Waals surface area contributed by atoms with E-state index in [9.17, 15) is 0 Å². The van der Waals surface area contributed by atoms with Gasteiger partial charge < -0.3 is 4.90 Å². The lowest BCUT2D eigenvalue weighted by atomic mass is 10.1. The maximum Gasteiger partial charge on any atom is 0.0462 e. The SMILES string of the molecule is C(/C=C/c1ccc(N(c2ccccc2)c2ccccc2)cc1)=C\c1ccccc1. The third-order valence-electron chi connectivity index (χ3n) is 4.67. The molecule has 0 aliphatic heterocycles. The lowest BCUT2D eigenvalue weighted by molar-refractivity contribution is 1.28. The first-order chi connectivity index (χ1) is 14.4. The fraction of sp³-hybridized carbons (Fsp3) is 0. The summed E-state index contributed by atoms with van der Waals surface area (Å²) < 4.78 is 0. The van der Waals surface area contributed by atoms with Crippen LogP contribution in [0.5, 0.6) is 0 Å². The van der Waals surface area contributed by atoms with Crippen molar-refractivity contribution >= 4 is 29.2 Å². The highest BCUT2D eigenvalue weighted by Crippen LogP contribution is 2.34. The summed E-state index contributed by atoms with van der Waals surface area (Å²) in [6.07, 6.45) is 8.38. The Balaban J connectivity index is 1.55. The first-order valence-electron chi connectivity index (χ1n) is 9.80. The van der Waals surface area contributed by atoms with E-state index < -0.39 is 0 Å². The van der Waals surface area contributed by atoms with E-state index in [1.807, 2.05) is 30.3 Å². The number of allylic oxidation sites excluding steroid dienone is 2. The van der Waals surface area contributed by atoms with Crippen LogP contribution < -0.4 is 4.90 Å². The number of para-hydroxylation sites is 2. The van der Waals surface area contributed by atoms with E-state index in [0.29, 0.717) is 0 Å². The summed E-state index contributed by atoms with van der Waals surface area (Å²) >= 11 is 0. The number of hydrogen-bond acceptors (Lipinski definition) is 1. The predicted molar refractivity (Wildman–Crippen MR) is 126 cm³/mol. The van der Waals surface area contributed by atoms with Crippen LogP contribution in [0, 0.1) is 0 Å². The largest absolute Gasteiger partial charge is 0.311 e. The zero-order valence-corrected chi connectivity index (χ0v) is 16.2. The summed E-state index contributed by atoms with van der Waals surface area (Å²) in [7, 11) is 0. The van der Waals surface area contributed by atoms with Crippen LogP contribution in [0.15, 0.2) is 127 Å². The molecule has 4 aromatic carbocycles. The third kappa shape index (κ3) is 4.91. The van der Waals surface area contributed by atoms with E-state index in [1.54, 1.807) is 0 Å². The Morgan fingerprint density at radius 2 is 0.759 bits per heavy atom. The molecule has 0 spiro atoms. The van der Waals surface area contributed by atoms with Gasteiger partial charge in [0.15, 0.2) is 0 Å². The minimum Gasteiger partial charge on any atom is -0.311 e. The molecule has 0 aromatic heterocycles. The average molecular weight is 373 g/mol. The minimum atomic E-state index is 1.14. The van der Waals surface area contributed by atoms with E-state index in [2.05, 4.69) is 114 Å². The standard InChI is InChI=1S/C28H23N/c1-4-12-24(13-5-1)14-10-11-15-25-20-22-28(23-21-25)29(26-16-6-2-7-17-26)27-18-8-3-9-19-27/h1-23H/b14-10+,15-11+. The molecular formula is C28H23N. The van der Waals surface area contributed by atoms with Crippen molar-refractivity contribution in [3.05, 3.63) is 139 Å². The Bertz CT molecular complexity index is 1020. The van der Waals surface area contributed by atoms with Crippen LogP contribution in [0.2, 0.25) is 0 Å². The second kappa shape index (κ2) is 9.38. The normalized spacial score (nSPS) is 11.2. The van der Waals surface area contributed by atoms with E-state index in [0.717, 1.165) is 17.1 Å². The number of nitrogens with zero attached hydrogens (tertiary/aromatic N) is 1. The summed E-state index contributed by atoms with van der Waals surface area (Å²) in [6, 6.07) is 39.9. The number of anilines is 3. The highest BCUT2D eigenvalue weighted by Gasteiger charge is 2.11. The summed E-state index contributed by atoms with van der Waals surface area (Å²) in [5.74, 6) is 0. The molecule has 0 saturated carbocycles. The minimum absolute atomic E-state index is 1.14. The van der Waals surface area contributed by atoms with Crippen molar-refractivity contribution in [2.24, 2.45) is 0 Å². The van der Waals surface area contributed by atoms with Gasteiger partial charge >= 0.3 is 0 Å². The van der Waals surface area contributed by atoms with Gasteiger partial charge in [0.25, 0.3) is 0 Å². The highest BCUT2D eigenvalue weighted by molar-refractivity contribution is 5.77. The van der Waals surface area contributed by atoms with Gasteiger partial charge in [-0.15, -0.1) is 0 Å². The molecule has 0 fully saturated rings. The van der Waals surface area contributed by atoms with Gasteiger partial charge in [0.1, 0.15) is 0 Å². The van der Waals surface area contributed by atoms with Crippen LogP contribution in [0.25, 0.3) is 12.2 Å². The van der Waals surface area contributed by atoms with Crippen LogP contribution >= 0.6 is 0 Å².